The number of hydrogen-bond acceptors (Lipinski definition) is 3. The maximum Gasteiger partial charge on any atom is 0.252 e. The van der Waals surface area contributed by atoms with Crippen LogP contribution in [-0.2, 0) is 21.7 Å². The Bertz CT molecular complexity index is 7890. The lowest BCUT2D eigenvalue weighted by atomic mass is 9.33. The van der Waals surface area contributed by atoms with Gasteiger partial charge < -0.3 is 27.9 Å². The van der Waals surface area contributed by atoms with Crippen LogP contribution in [0, 0.1) is 0 Å². The van der Waals surface area contributed by atoms with E-state index in [1.54, 1.807) is 16.7 Å². The molecule has 0 saturated heterocycles. The fraction of sp³-hybridized carbons (Fsp3) is 0.151. The Labute approximate surface area is 683 Å². The van der Waals surface area contributed by atoms with E-state index in [4.69, 9.17) is 9.90 Å². The number of hydrogen-bond donors (Lipinski definition) is 0. The Hall–Kier alpha value is -12.8. The summed E-state index contributed by atoms with van der Waals surface area (Å²) in [7, 11) is 0. The lowest BCUT2D eigenvalue weighted by Crippen LogP contribution is -2.61. The highest BCUT2D eigenvalue weighted by molar-refractivity contribution is 7.00. The van der Waals surface area contributed by atoms with Crippen LogP contribution in [0.1, 0.15) is 127 Å². The molecule has 113 heavy (non-hydrogen) atoms. The van der Waals surface area contributed by atoms with Crippen molar-refractivity contribution >= 4 is 145 Å². The average molecular weight is 1470 g/mol. The van der Waals surface area contributed by atoms with Crippen LogP contribution in [0.25, 0.3) is 138 Å². The molecule has 21 rings (SSSR count). The van der Waals surface area contributed by atoms with Gasteiger partial charge in [0.2, 0.25) is 0 Å². The van der Waals surface area contributed by atoms with Crippen molar-refractivity contribution in [2.75, 3.05) is 9.80 Å². The number of para-hydroxylation sites is 6. The summed E-state index contributed by atoms with van der Waals surface area (Å²) < 4.78 is 164. The minimum absolute atomic E-state index is 0.0680. The predicted molar refractivity (Wildman–Crippen MR) is 482 cm³/mol. The topological polar surface area (TPSA) is 34.4 Å². The summed E-state index contributed by atoms with van der Waals surface area (Å²) in [4.78, 5) is 4.62. The minimum atomic E-state index is -0.674. The van der Waals surface area contributed by atoms with Gasteiger partial charge in [-0.15, -0.1) is 0 Å². The van der Waals surface area contributed by atoms with Crippen molar-refractivity contribution in [1.29, 1.82) is 0 Å². The van der Waals surface area contributed by atoms with Crippen molar-refractivity contribution in [3.8, 4) is 50.4 Å². The Kier molecular flexibility index (Phi) is 11.7. The molecule has 0 bridgehead atoms. The van der Waals surface area contributed by atoms with E-state index in [1.165, 1.54) is 15.7 Å². The quantitative estimate of drug-likeness (QED) is 0.142. The van der Waals surface area contributed by atoms with Crippen molar-refractivity contribution in [2.24, 2.45) is 0 Å². The number of benzene rings is 15. The van der Waals surface area contributed by atoms with Crippen molar-refractivity contribution in [1.82, 2.24) is 13.7 Å². The third-order valence-corrected chi connectivity index (χ3v) is 23.5. The lowest BCUT2D eigenvalue weighted by molar-refractivity contribution is 0.569. The molecule has 0 unspecified atom stereocenters. The summed E-state index contributed by atoms with van der Waals surface area (Å²) in [6, 6.07) is 68.4. The molecule has 0 amide bonds. The van der Waals surface area contributed by atoms with Gasteiger partial charge >= 0.3 is 0 Å². The third kappa shape index (κ3) is 10.7. The Morgan fingerprint density at radius 1 is 0.257 bits per heavy atom. The van der Waals surface area contributed by atoms with Gasteiger partial charge in [0.15, 0.2) is 11.2 Å². The molecule has 2 aliphatic rings. The first-order valence-electron chi connectivity index (χ1n) is 46.8. The largest absolute Gasteiger partial charge is 0.452 e. The molecule has 15 aromatic carbocycles. The normalized spacial score (nSPS) is 15.2. The Morgan fingerprint density at radius 2 is 0.681 bits per heavy atom. The number of aromatic nitrogens is 3. The third-order valence-electron chi connectivity index (χ3n) is 23.5. The SMILES string of the molecule is [2H]c1c([2H])c([2H])c2c(c1[2H])c1c([2H])c([2H])c([2H])c([2H])c1n2-c1ccc2c(c1)N(c1cccc3c1oc1c(-n4c5c([2H])c([2H])c([2H])c([2H])c5c5c([2H])c([2H])c([2H])c([2H])c54)cccc13)c1cc(-n3c4ccc(C(C)(C)C)cc4c4cc(C(C)(C)C)ccc43)cc3c1B2c1ccc(-c2cc(C(C)(C)C)cc(C(C)(C)C)c2)cc1N3c1cc(-c2ccccc2)cc(-c2ccccc2)c1. The van der Waals surface area contributed by atoms with Gasteiger partial charge in [-0.05, 0) is 203 Å². The van der Waals surface area contributed by atoms with Crippen molar-refractivity contribution in [3.63, 3.8) is 0 Å². The Morgan fingerprint density at radius 3 is 1.19 bits per heavy atom. The number of fused-ring (bicyclic) bond motifs is 16. The van der Waals surface area contributed by atoms with Gasteiger partial charge in [-0.1, -0.05) is 289 Å². The van der Waals surface area contributed by atoms with E-state index in [0.29, 0.717) is 33.4 Å². The molecule has 4 aromatic heterocycles. The highest BCUT2D eigenvalue weighted by atomic mass is 16.3. The van der Waals surface area contributed by atoms with Gasteiger partial charge in [-0.3, -0.25) is 0 Å². The highest BCUT2D eigenvalue weighted by Crippen LogP contribution is 2.53. The number of anilines is 6. The van der Waals surface area contributed by atoms with Crippen LogP contribution in [0.15, 0.2) is 319 Å². The van der Waals surface area contributed by atoms with E-state index in [2.05, 4.69) is 249 Å². The maximum absolute atomic E-state index is 9.95. The lowest BCUT2D eigenvalue weighted by Gasteiger charge is -2.44. The molecule has 7 heteroatoms. The Balaban J connectivity index is 0.959. The number of nitrogens with zero attached hydrogens (tertiary/aromatic N) is 5. The summed E-state index contributed by atoms with van der Waals surface area (Å²) in [5.74, 6) is 0. The van der Waals surface area contributed by atoms with Crippen LogP contribution in [0.5, 0.6) is 0 Å². The molecule has 0 atom stereocenters. The van der Waals surface area contributed by atoms with E-state index < -0.39 is 103 Å². The van der Waals surface area contributed by atoms with E-state index in [0.717, 1.165) is 105 Å². The van der Waals surface area contributed by atoms with Gasteiger partial charge in [0.05, 0.1) is 72.1 Å². The second kappa shape index (κ2) is 24.8. The average Bonchev–Trinajstić information content (AvgIpc) is 1.69. The zero-order valence-electron chi connectivity index (χ0n) is 81.0. The molecular formula is C106H88BN5O. The maximum atomic E-state index is 9.95. The van der Waals surface area contributed by atoms with E-state index in [9.17, 15) is 16.4 Å². The molecule has 6 nitrogen and oxygen atoms in total. The summed E-state index contributed by atoms with van der Waals surface area (Å²) in [5, 5.41) is 2.83. The monoisotopic (exact) mass is 1470 g/mol. The van der Waals surface area contributed by atoms with Crippen molar-refractivity contribution in [3.05, 3.63) is 337 Å². The molecule has 2 aliphatic heterocycles. The van der Waals surface area contributed by atoms with Gasteiger partial charge in [-0.2, -0.15) is 0 Å². The zero-order chi connectivity index (χ0) is 90.8. The zero-order valence-corrected chi connectivity index (χ0v) is 65.0. The first-order chi connectivity index (χ1) is 61.2. The van der Waals surface area contributed by atoms with Crippen LogP contribution in [0.4, 0.5) is 34.1 Å². The number of rotatable bonds is 8. The van der Waals surface area contributed by atoms with Crippen LogP contribution < -0.4 is 26.2 Å². The van der Waals surface area contributed by atoms with E-state index in [1.807, 2.05) is 54.6 Å². The molecule has 546 valence electrons. The molecule has 0 fully saturated rings. The standard InChI is InChI=1S/C106H88BN5O/c1-103(2,3)71-46-51-92-84(60-71)85-61-72(104(4,5)6)47-52-93(85)109(92)77-63-98-100-99(64-77)112(95-44-28-38-83-82-37-27-43-94(101(82)113-102(83)95)111-90-41-25-21-35-80(90)81-36-22-26-42-91(81)111)97-62-75(108-88-39-23-19-33-78(88)79-34-20-24-40-89(79)108)48-50-87(97)107(100)86-49-45-67(70-54-73(105(7,8)9)59-74(55-70)106(10,11)12)58-96(86)110(98)76-56-68(65-29-15-13-16-30-65)53-69(57-76)66-31-17-14-18-32-66/h13-64H,1-12H3/i19D,20D,21D,22D,23D,24D,25D,26D,33D,34D,35D,36D,39D,40D,41D,42D. The molecule has 0 aliphatic carbocycles. The molecule has 0 N–H and O–H groups in total. The molecule has 0 radical (unpaired) electrons. The summed E-state index contributed by atoms with van der Waals surface area (Å²) in [6.45, 7) is 26.2. The molecule has 0 spiro atoms. The number of furan rings is 1. The van der Waals surface area contributed by atoms with Crippen molar-refractivity contribution in [2.45, 2.75) is 105 Å². The van der Waals surface area contributed by atoms with Crippen molar-refractivity contribution < 1.29 is 26.3 Å². The fourth-order valence-corrected chi connectivity index (χ4v) is 17.7. The summed E-state index contributed by atoms with van der Waals surface area (Å²) >= 11 is 0. The smallest absolute Gasteiger partial charge is 0.252 e. The van der Waals surface area contributed by atoms with E-state index >= 15 is 0 Å². The van der Waals surface area contributed by atoms with Gasteiger partial charge in [-0.25, -0.2) is 0 Å². The molecular weight excluding hydrogens is 1370 g/mol. The van der Waals surface area contributed by atoms with Gasteiger partial charge in [0.25, 0.3) is 6.71 Å². The fourth-order valence-electron chi connectivity index (χ4n) is 17.7. The van der Waals surface area contributed by atoms with Crippen LogP contribution in [0.3, 0.4) is 0 Å². The second-order valence-electron chi connectivity index (χ2n) is 34.6. The molecule has 0 saturated carbocycles. The first kappa shape index (κ1) is 53.1. The van der Waals surface area contributed by atoms with Gasteiger partial charge in [0.1, 0.15) is 0 Å². The summed E-state index contributed by atoms with van der Waals surface area (Å²) in [5.41, 5.74) is 19.6. The van der Waals surface area contributed by atoms with Crippen LogP contribution in [-0.4, -0.2) is 20.4 Å². The first-order valence-corrected chi connectivity index (χ1v) is 38.8. The van der Waals surface area contributed by atoms with Gasteiger partial charge in [0, 0.05) is 77.2 Å². The molecule has 19 aromatic rings. The predicted octanol–water partition coefficient (Wildman–Crippen LogP) is 27.2. The minimum Gasteiger partial charge on any atom is -0.452 e. The second-order valence-corrected chi connectivity index (χ2v) is 34.6. The van der Waals surface area contributed by atoms with Crippen LogP contribution in [0.2, 0.25) is 0 Å². The highest BCUT2D eigenvalue weighted by Gasteiger charge is 2.45. The summed E-state index contributed by atoms with van der Waals surface area (Å²) in [6.07, 6.45) is 0. The molecule has 6 heterocycles. The van der Waals surface area contributed by atoms with Crippen LogP contribution >= 0.6 is 0 Å². The van der Waals surface area contributed by atoms with E-state index in [-0.39, 0.29) is 82.2 Å².